The van der Waals surface area contributed by atoms with E-state index in [4.69, 9.17) is 0 Å². The van der Waals surface area contributed by atoms with Crippen LogP contribution >= 0.6 is 11.8 Å². The van der Waals surface area contributed by atoms with Crippen molar-refractivity contribution in [3.05, 3.63) is 0 Å². The molecule has 0 aromatic carbocycles. The number of hydrogen-bond acceptors (Lipinski definition) is 3. The van der Waals surface area contributed by atoms with Gasteiger partial charge in [-0.2, -0.15) is 0 Å². The Balaban J connectivity index is 1.51. The van der Waals surface area contributed by atoms with Crippen LogP contribution in [-0.2, 0) is 0 Å². The van der Waals surface area contributed by atoms with Gasteiger partial charge in [-0.3, -0.25) is 4.99 Å². The fourth-order valence-electron chi connectivity index (χ4n) is 2.87. The van der Waals surface area contributed by atoms with Crippen molar-refractivity contribution >= 4 is 16.9 Å². The summed E-state index contributed by atoms with van der Waals surface area (Å²) in [5, 5.41) is 5.46. The summed E-state index contributed by atoms with van der Waals surface area (Å²) in [6.45, 7) is 4.41. The van der Waals surface area contributed by atoms with Crippen LogP contribution in [0.15, 0.2) is 4.99 Å². The van der Waals surface area contributed by atoms with Crippen molar-refractivity contribution in [2.45, 2.75) is 63.5 Å². The minimum atomic E-state index is 0.748. The minimum Gasteiger partial charge on any atom is -0.365 e. The smallest absolute Gasteiger partial charge is 0.156 e. The summed E-state index contributed by atoms with van der Waals surface area (Å²) < 4.78 is 0. The van der Waals surface area contributed by atoms with E-state index in [2.05, 4.69) is 17.2 Å². The largest absolute Gasteiger partial charge is 0.365 e. The van der Waals surface area contributed by atoms with Crippen molar-refractivity contribution in [2.24, 2.45) is 10.9 Å². The van der Waals surface area contributed by atoms with Gasteiger partial charge in [-0.25, -0.2) is 0 Å². The zero-order valence-electron chi connectivity index (χ0n) is 11.1. The van der Waals surface area contributed by atoms with Crippen LogP contribution < -0.4 is 5.32 Å². The Bertz CT molecular complexity index is 247. The van der Waals surface area contributed by atoms with Gasteiger partial charge in [-0.15, -0.1) is 0 Å². The fraction of sp³-hybridized carbons (Fsp3) is 0.929. The van der Waals surface area contributed by atoms with E-state index in [0.29, 0.717) is 0 Å². The average molecular weight is 254 g/mol. The molecule has 1 aliphatic carbocycles. The van der Waals surface area contributed by atoms with Crippen LogP contribution in [0.4, 0.5) is 0 Å². The van der Waals surface area contributed by atoms with Gasteiger partial charge in [0.2, 0.25) is 0 Å². The van der Waals surface area contributed by atoms with E-state index >= 15 is 0 Å². The molecule has 0 aromatic rings. The van der Waals surface area contributed by atoms with Gasteiger partial charge in [-0.1, -0.05) is 50.8 Å². The number of nitrogens with zero attached hydrogens (tertiary/aromatic N) is 1. The quantitative estimate of drug-likeness (QED) is 0.729. The second-order valence-corrected chi connectivity index (χ2v) is 6.68. The molecular weight excluding hydrogens is 228 g/mol. The second kappa shape index (κ2) is 7.30. The van der Waals surface area contributed by atoms with E-state index in [1.165, 1.54) is 56.5 Å². The molecule has 1 heterocycles. The number of aliphatic imine (C=N–C) groups is 1. The first-order valence-electron chi connectivity index (χ1n) is 7.33. The Morgan fingerprint density at radius 2 is 2.12 bits per heavy atom. The molecule has 0 spiro atoms. The maximum Gasteiger partial charge on any atom is 0.156 e. The van der Waals surface area contributed by atoms with E-state index in [-0.39, 0.29) is 0 Å². The molecule has 1 atom stereocenters. The van der Waals surface area contributed by atoms with Crippen molar-refractivity contribution in [1.82, 2.24) is 5.32 Å². The summed E-state index contributed by atoms with van der Waals surface area (Å²) in [7, 11) is 0. The Hall–Kier alpha value is -0.180. The van der Waals surface area contributed by atoms with Crippen molar-refractivity contribution in [2.75, 3.05) is 13.1 Å². The maximum atomic E-state index is 4.57. The van der Waals surface area contributed by atoms with Gasteiger partial charge in [0.15, 0.2) is 5.17 Å². The first kappa shape index (κ1) is 13.3. The van der Waals surface area contributed by atoms with Crippen LogP contribution in [0.2, 0.25) is 0 Å². The molecule has 2 rings (SSSR count). The highest BCUT2D eigenvalue weighted by molar-refractivity contribution is 8.14. The van der Waals surface area contributed by atoms with Crippen LogP contribution in [0, 0.1) is 5.92 Å². The lowest BCUT2D eigenvalue weighted by molar-refractivity contribution is 0.482. The number of rotatable bonds is 6. The van der Waals surface area contributed by atoms with Crippen LogP contribution in [0.5, 0.6) is 0 Å². The highest BCUT2D eigenvalue weighted by Crippen LogP contribution is 2.28. The summed E-state index contributed by atoms with van der Waals surface area (Å²) in [5.41, 5.74) is 0. The summed E-state index contributed by atoms with van der Waals surface area (Å²) in [4.78, 5) is 4.57. The second-order valence-electron chi connectivity index (χ2n) is 5.39. The SMILES string of the molecule is CCCC1CN=C(NCCCC2CCCC2)S1. The molecule has 98 valence electrons. The first-order valence-corrected chi connectivity index (χ1v) is 8.21. The van der Waals surface area contributed by atoms with E-state index in [1.807, 2.05) is 11.8 Å². The predicted molar refractivity (Wildman–Crippen MR) is 77.8 cm³/mol. The normalized spacial score (nSPS) is 25.2. The third kappa shape index (κ3) is 4.53. The van der Waals surface area contributed by atoms with Gasteiger partial charge < -0.3 is 5.32 Å². The molecule has 1 fully saturated rings. The molecule has 2 aliphatic rings. The number of amidine groups is 1. The molecule has 0 aromatic heterocycles. The third-order valence-electron chi connectivity index (χ3n) is 3.87. The van der Waals surface area contributed by atoms with Crippen molar-refractivity contribution in [3.63, 3.8) is 0 Å². The third-order valence-corrected chi connectivity index (χ3v) is 5.08. The molecule has 1 saturated carbocycles. The van der Waals surface area contributed by atoms with Gasteiger partial charge in [0.25, 0.3) is 0 Å². The average Bonchev–Trinajstić information content (AvgIpc) is 2.96. The Labute approximate surface area is 110 Å². The zero-order chi connectivity index (χ0) is 11.9. The van der Waals surface area contributed by atoms with Gasteiger partial charge in [0.1, 0.15) is 0 Å². The number of nitrogens with one attached hydrogen (secondary N) is 1. The summed E-state index contributed by atoms with van der Waals surface area (Å²) >= 11 is 1.96. The molecule has 0 bridgehead atoms. The highest BCUT2D eigenvalue weighted by atomic mass is 32.2. The predicted octanol–water partition coefficient (Wildman–Crippen LogP) is 3.82. The van der Waals surface area contributed by atoms with E-state index in [1.54, 1.807) is 0 Å². The van der Waals surface area contributed by atoms with E-state index < -0.39 is 0 Å². The fourth-order valence-corrected chi connectivity index (χ4v) is 4.02. The molecule has 17 heavy (non-hydrogen) atoms. The lowest BCUT2D eigenvalue weighted by Gasteiger charge is -2.10. The van der Waals surface area contributed by atoms with Crippen molar-refractivity contribution < 1.29 is 0 Å². The topological polar surface area (TPSA) is 24.4 Å². The number of thioether (sulfide) groups is 1. The minimum absolute atomic E-state index is 0.748. The molecule has 3 heteroatoms. The molecule has 1 unspecified atom stereocenters. The Kier molecular flexibility index (Phi) is 5.69. The highest BCUT2D eigenvalue weighted by Gasteiger charge is 2.18. The van der Waals surface area contributed by atoms with Gasteiger partial charge in [0.05, 0.1) is 6.54 Å². The molecule has 0 radical (unpaired) electrons. The standard InChI is InChI=1S/C14H26N2S/c1-2-6-13-11-16-14(17-13)15-10-5-9-12-7-3-4-8-12/h12-13H,2-11H2,1H3,(H,15,16). The Morgan fingerprint density at radius 1 is 1.29 bits per heavy atom. The first-order chi connectivity index (χ1) is 8.38. The van der Waals surface area contributed by atoms with Crippen LogP contribution in [-0.4, -0.2) is 23.5 Å². The molecule has 0 saturated heterocycles. The Morgan fingerprint density at radius 3 is 2.88 bits per heavy atom. The van der Waals surface area contributed by atoms with E-state index in [0.717, 1.165) is 24.3 Å². The molecule has 2 nitrogen and oxygen atoms in total. The van der Waals surface area contributed by atoms with Crippen LogP contribution in [0.3, 0.4) is 0 Å². The molecule has 1 N–H and O–H groups in total. The summed E-state index contributed by atoms with van der Waals surface area (Å²) in [5.74, 6) is 1.03. The van der Waals surface area contributed by atoms with Crippen LogP contribution in [0.25, 0.3) is 0 Å². The van der Waals surface area contributed by atoms with Crippen LogP contribution in [0.1, 0.15) is 58.3 Å². The number of hydrogen-bond donors (Lipinski definition) is 1. The lowest BCUT2D eigenvalue weighted by atomic mass is 10.0. The molecule has 1 aliphatic heterocycles. The monoisotopic (exact) mass is 254 g/mol. The maximum absolute atomic E-state index is 4.57. The van der Waals surface area contributed by atoms with E-state index in [9.17, 15) is 0 Å². The van der Waals surface area contributed by atoms with Gasteiger partial charge in [-0.05, 0) is 25.2 Å². The van der Waals surface area contributed by atoms with Gasteiger partial charge >= 0.3 is 0 Å². The molecular formula is C14H26N2S. The van der Waals surface area contributed by atoms with Gasteiger partial charge in [0, 0.05) is 11.8 Å². The zero-order valence-corrected chi connectivity index (χ0v) is 11.9. The van der Waals surface area contributed by atoms with Crippen molar-refractivity contribution in [1.29, 1.82) is 0 Å². The van der Waals surface area contributed by atoms with Crippen molar-refractivity contribution in [3.8, 4) is 0 Å². The summed E-state index contributed by atoms with van der Waals surface area (Å²) in [6.07, 6.45) is 11.2. The summed E-state index contributed by atoms with van der Waals surface area (Å²) in [6, 6.07) is 0. The lowest BCUT2D eigenvalue weighted by Crippen LogP contribution is -2.21. The molecule has 0 amide bonds.